The second kappa shape index (κ2) is 3.74. The first kappa shape index (κ1) is 10.1. The Hall–Kier alpha value is -1.09. The number of imidazole rings is 1. The Morgan fingerprint density at radius 2 is 2.19 bits per heavy atom. The number of aromatic nitrogens is 2. The van der Waals surface area contributed by atoms with Crippen LogP contribution in [0.4, 0.5) is 0 Å². The van der Waals surface area contributed by atoms with Crippen molar-refractivity contribution in [3.05, 3.63) is 40.1 Å². The van der Waals surface area contributed by atoms with Crippen molar-refractivity contribution in [2.75, 3.05) is 0 Å². The molecule has 82 valence electrons. The highest BCUT2D eigenvalue weighted by atomic mass is 79.9. The van der Waals surface area contributed by atoms with Crippen molar-refractivity contribution in [2.24, 2.45) is 0 Å². The number of H-pyrrole nitrogens is 1. The lowest BCUT2D eigenvalue weighted by molar-refractivity contribution is 1.05. The fourth-order valence-corrected chi connectivity index (χ4v) is 2.30. The average molecular weight is 277 g/mol. The minimum Gasteiger partial charge on any atom is -0.342 e. The van der Waals surface area contributed by atoms with Crippen LogP contribution in [0.25, 0.3) is 11.4 Å². The molecule has 16 heavy (non-hydrogen) atoms. The molecule has 2 nitrogen and oxygen atoms in total. The first-order valence-corrected chi connectivity index (χ1v) is 6.35. The molecular weight excluding hydrogens is 264 g/mol. The molecule has 3 rings (SSSR count). The predicted molar refractivity (Wildman–Crippen MR) is 68.4 cm³/mol. The second-order valence-corrected chi connectivity index (χ2v) is 5.23. The molecule has 0 atom stereocenters. The van der Waals surface area contributed by atoms with Gasteiger partial charge in [-0.05, 0) is 31.4 Å². The maximum absolute atomic E-state index is 4.47. The van der Waals surface area contributed by atoms with Gasteiger partial charge in [-0.15, -0.1) is 0 Å². The van der Waals surface area contributed by atoms with E-state index in [0.29, 0.717) is 0 Å². The van der Waals surface area contributed by atoms with Crippen molar-refractivity contribution in [1.29, 1.82) is 0 Å². The van der Waals surface area contributed by atoms with Gasteiger partial charge in [0.05, 0.1) is 0 Å². The van der Waals surface area contributed by atoms with Crippen LogP contribution in [0.5, 0.6) is 0 Å². The molecule has 0 radical (unpaired) electrons. The van der Waals surface area contributed by atoms with E-state index in [0.717, 1.165) is 16.2 Å². The highest BCUT2D eigenvalue weighted by Crippen LogP contribution is 2.39. The maximum Gasteiger partial charge on any atom is 0.137 e. The first-order chi connectivity index (χ1) is 7.75. The first-order valence-electron chi connectivity index (χ1n) is 5.56. The largest absolute Gasteiger partial charge is 0.342 e. The Morgan fingerprint density at radius 3 is 2.94 bits per heavy atom. The Morgan fingerprint density at radius 1 is 1.38 bits per heavy atom. The van der Waals surface area contributed by atoms with Crippen molar-refractivity contribution in [2.45, 2.75) is 25.7 Å². The number of nitrogens with zero attached hydrogens (tertiary/aromatic N) is 1. The summed E-state index contributed by atoms with van der Waals surface area (Å²) in [5.41, 5.74) is 3.70. The topological polar surface area (TPSA) is 28.7 Å². The number of nitrogens with one attached hydrogen (secondary N) is 1. The second-order valence-electron chi connectivity index (χ2n) is 4.37. The number of aromatic amines is 1. The van der Waals surface area contributed by atoms with E-state index in [1.54, 1.807) is 0 Å². The van der Waals surface area contributed by atoms with Gasteiger partial charge >= 0.3 is 0 Å². The molecule has 0 aliphatic heterocycles. The smallest absolute Gasteiger partial charge is 0.137 e. The molecule has 0 amide bonds. The van der Waals surface area contributed by atoms with Crippen molar-refractivity contribution < 1.29 is 0 Å². The van der Waals surface area contributed by atoms with Gasteiger partial charge in [0, 0.05) is 27.8 Å². The van der Waals surface area contributed by atoms with Crippen LogP contribution < -0.4 is 0 Å². The molecule has 1 N–H and O–H groups in total. The molecule has 1 aliphatic rings. The van der Waals surface area contributed by atoms with E-state index in [2.05, 4.69) is 45.0 Å². The lowest BCUT2D eigenvalue weighted by Gasteiger charge is -2.04. The van der Waals surface area contributed by atoms with Crippen molar-refractivity contribution in [3.8, 4) is 11.4 Å². The van der Waals surface area contributed by atoms with Crippen LogP contribution in [0, 0.1) is 6.92 Å². The number of halogens is 1. The summed E-state index contributed by atoms with van der Waals surface area (Å²) in [5, 5.41) is 0. The van der Waals surface area contributed by atoms with Gasteiger partial charge in [-0.2, -0.15) is 0 Å². The zero-order valence-corrected chi connectivity index (χ0v) is 10.7. The van der Waals surface area contributed by atoms with Gasteiger partial charge in [0.15, 0.2) is 0 Å². The summed E-state index contributed by atoms with van der Waals surface area (Å²) in [6.45, 7) is 2.11. The third kappa shape index (κ3) is 1.69. The van der Waals surface area contributed by atoms with Crippen LogP contribution in [0.1, 0.15) is 30.0 Å². The molecular formula is C13H13BrN2. The number of hydrogen-bond acceptors (Lipinski definition) is 1. The summed E-state index contributed by atoms with van der Waals surface area (Å²) < 4.78 is 1.13. The van der Waals surface area contributed by atoms with Gasteiger partial charge < -0.3 is 4.98 Å². The molecule has 1 aromatic heterocycles. The summed E-state index contributed by atoms with van der Waals surface area (Å²) in [6, 6.07) is 6.21. The van der Waals surface area contributed by atoms with E-state index >= 15 is 0 Å². The molecule has 0 spiro atoms. The predicted octanol–water partition coefficient (Wildman–Crippen LogP) is 4.03. The molecule has 2 aromatic rings. The van der Waals surface area contributed by atoms with Crippen LogP contribution in [0.2, 0.25) is 0 Å². The van der Waals surface area contributed by atoms with Gasteiger partial charge in [0.1, 0.15) is 5.82 Å². The zero-order valence-electron chi connectivity index (χ0n) is 9.13. The van der Waals surface area contributed by atoms with Gasteiger partial charge in [-0.1, -0.05) is 28.1 Å². The highest BCUT2D eigenvalue weighted by Gasteiger charge is 2.25. The number of benzene rings is 1. The third-order valence-electron chi connectivity index (χ3n) is 3.14. The fourth-order valence-electron chi connectivity index (χ4n) is 1.94. The Balaban J connectivity index is 2.03. The van der Waals surface area contributed by atoms with Crippen LogP contribution in [0.3, 0.4) is 0 Å². The molecule has 0 bridgehead atoms. The minimum atomic E-state index is 0.730. The summed E-state index contributed by atoms with van der Waals surface area (Å²) in [6.07, 6.45) is 4.59. The minimum absolute atomic E-state index is 0.730. The number of hydrogen-bond donors (Lipinski definition) is 1. The summed E-state index contributed by atoms with van der Waals surface area (Å²) in [7, 11) is 0. The Labute approximate surface area is 103 Å². The molecule has 1 fully saturated rings. The summed E-state index contributed by atoms with van der Waals surface area (Å²) in [5.74, 6) is 1.72. The zero-order chi connectivity index (χ0) is 11.1. The van der Waals surface area contributed by atoms with Crippen molar-refractivity contribution >= 4 is 15.9 Å². The lowest BCUT2D eigenvalue weighted by Crippen LogP contribution is -1.87. The van der Waals surface area contributed by atoms with Gasteiger partial charge in [-0.25, -0.2) is 4.98 Å². The van der Waals surface area contributed by atoms with Crippen molar-refractivity contribution in [1.82, 2.24) is 9.97 Å². The fraction of sp³-hybridized carbons (Fsp3) is 0.308. The van der Waals surface area contributed by atoms with E-state index < -0.39 is 0 Å². The van der Waals surface area contributed by atoms with Crippen LogP contribution in [-0.4, -0.2) is 9.97 Å². The van der Waals surface area contributed by atoms with Gasteiger partial charge in [-0.3, -0.25) is 0 Å². The lowest BCUT2D eigenvalue weighted by atomic mass is 10.1. The maximum atomic E-state index is 4.47. The number of rotatable bonds is 2. The van der Waals surface area contributed by atoms with E-state index in [1.807, 2.05) is 12.3 Å². The van der Waals surface area contributed by atoms with E-state index in [4.69, 9.17) is 0 Å². The normalized spacial score (nSPS) is 15.4. The van der Waals surface area contributed by atoms with Gasteiger partial charge in [0.2, 0.25) is 0 Å². The third-order valence-corrected chi connectivity index (χ3v) is 3.99. The van der Waals surface area contributed by atoms with E-state index in [9.17, 15) is 0 Å². The van der Waals surface area contributed by atoms with Crippen LogP contribution in [-0.2, 0) is 0 Å². The molecule has 0 unspecified atom stereocenters. The Kier molecular flexibility index (Phi) is 2.36. The van der Waals surface area contributed by atoms with Crippen LogP contribution >= 0.6 is 15.9 Å². The van der Waals surface area contributed by atoms with Crippen molar-refractivity contribution in [3.63, 3.8) is 0 Å². The molecule has 1 aliphatic carbocycles. The monoisotopic (exact) mass is 276 g/mol. The average Bonchev–Trinajstić information content (AvgIpc) is 3.02. The van der Waals surface area contributed by atoms with E-state index in [1.165, 1.54) is 29.7 Å². The quantitative estimate of drug-likeness (QED) is 0.882. The SMILES string of the molecule is Cc1c(Br)cccc1-c1ncc(C2CC2)[nH]1. The molecule has 1 aromatic carbocycles. The molecule has 1 saturated carbocycles. The highest BCUT2D eigenvalue weighted by molar-refractivity contribution is 9.10. The molecule has 1 heterocycles. The molecule has 3 heteroatoms. The van der Waals surface area contributed by atoms with E-state index in [-0.39, 0.29) is 0 Å². The summed E-state index contributed by atoms with van der Waals surface area (Å²) >= 11 is 3.55. The summed E-state index contributed by atoms with van der Waals surface area (Å²) in [4.78, 5) is 7.90. The standard InChI is InChI=1S/C13H13BrN2/c1-8-10(3-2-4-11(8)14)13-15-7-12(16-13)9-5-6-9/h2-4,7,9H,5-6H2,1H3,(H,15,16). The van der Waals surface area contributed by atoms with Gasteiger partial charge in [0.25, 0.3) is 0 Å². The Bertz CT molecular complexity index is 526. The molecule has 0 saturated heterocycles. The van der Waals surface area contributed by atoms with Crippen LogP contribution in [0.15, 0.2) is 28.9 Å².